The maximum atomic E-state index is 13.6. The van der Waals surface area contributed by atoms with Gasteiger partial charge in [-0.2, -0.15) is 0 Å². The number of halogens is 3. The number of rotatable bonds is 14. The van der Waals surface area contributed by atoms with E-state index in [1.807, 2.05) is 24.3 Å². The van der Waals surface area contributed by atoms with Crippen molar-refractivity contribution in [2.24, 2.45) is 5.92 Å². The Hall–Kier alpha value is -6.34. The molecule has 1 aliphatic heterocycles. The number of β-lactam (4-membered cyclic amide) rings is 1. The van der Waals surface area contributed by atoms with Gasteiger partial charge in [-0.25, -0.2) is 13.2 Å². The molecular formula is C49H45F3N2O7. The number of hydrogen-bond acceptors (Lipinski definition) is 7. The molecule has 8 rings (SSSR count). The number of carboxylic acids is 1. The average molecular weight is 831 g/mol. The fourth-order valence-electron chi connectivity index (χ4n) is 7.82. The number of nitrogens with zero attached hydrogens (tertiary/aromatic N) is 2. The third-order valence-electron chi connectivity index (χ3n) is 11.0. The molecule has 6 aromatic rings. The Balaban J connectivity index is 0.000000184. The van der Waals surface area contributed by atoms with Gasteiger partial charge in [-0.05, 0) is 109 Å². The van der Waals surface area contributed by atoms with Crippen molar-refractivity contribution in [1.29, 1.82) is 0 Å². The summed E-state index contributed by atoms with van der Waals surface area (Å²) in [7, 11) is 0. The van der Waals surface area contributed by atoms with Crippen molar-refractivity contribution in [2.75, 3.05) is 4.90 Å². The average Bonchev–Trinajstić information content (AvgIpc) is 4.09. The standard InChI is InChI=1S/C25H24FNO4.C24H21F2NO3/c26-17-9-7-15(8-10-17)24-20-3-1-2-4-22(20)27-25(16-5-6-16)21(24)12-11-18(28)13-19(29)14-23(30)31;25-17-5-1-15(2-6-17)22(29)14-13-21-23(16-3-11-20(28)12-4-16)27(24(21)30)19-9-7-18(26)8-10-19/h1-4,7-12,16,18-19,28-29H,5-6,13-14H2,(H,30,31);1-12,21-23,28-29H,13-14H2/b12-11+;/t18-,19-;21-,22+,23-/m11/s1. The first kappa shape index (κ1) is 42.8. The summed E-state index contributed by atoms with van der Waals surface area (Å²) in [6, 6.07) is 31.8. The van der Waals surface area contributed by atoms with Crippen molar-refractivity contribution >= 4 is 34.5 Å². The van der Waals surface area contributed by atoms with E-state index in [9.17, 15) is 43.2 Å². The molecule has 1 saturated heterocycles. The molecule has 9 nitrogen and oxygen atoms in total. The highest BCUT2D eigenvalue weighted by Gasteiger charge is 2.48. The molecule has 12 heteroatoms. The fourth-order valence-corrected chi connectivity index (χ4v) is 7.82. The minimum atomic E-state index is -1.13. The monoisotopic (exact) mass is 830 g/mol. The van der Waals surface area contributed by atoms with Crippen LogP contribution in [0.25, 0.3) is 28.1 Å². The van der Waals surface area contributed by atoms with Gasteiger partial charge in [0.1, 0.15) is 23.2 Å². The molecule has 0 bridgehead atoms. The lowest BCUT2D eigenvalue weighted by Gasteiger charge is -2.48. The van der Waals surface area contributed by atoms with Gasteiger partial charge in [0.15, 0.2) is 0 Å². The Morgan fingerprint density at radius 2 is 1.41 bits per heavy atom. The van der Waals surface area contributed by atoms with Crippen LogP contribution >= 0.6 is 0 Å². The van der Waals surface area contributed by atoms with Gasteiger partial charge >= 0.3 is 5.97 Å². The summed E-state index contributed by atoms with van der Waals surface area (Å²) in [5.41, 5.74) is 6.46. The lowest BCUT2D eigenvalue weighted by atomic mass is 9.78. The number of fused-ring (bicyclic) bond motifs is 1. The summed E-state index contributed by atoms with van der Waals surface area (Å²) >= 11 is 0. The molecule has 1 saturated carbocycles. The van der Waals surface area contributed by atoms with E-state index in [-0.39, 0.29) is 47.5 Å². The van der Waals surface area contributed by atoms with E-state index in [2.05, 4.69) is 0 Å². The second kappa shape index (κ2) is 18.9. The molecule has 61 heavy (non-hydrogen) atoms. The number of aromatic hydroxyl groups is 1. The van der Waals surface area contributed by atoms with Gasteiger partial charge in [0.05, 0.1) is 47.9 Å². The molecule has 0 radical (unpaired) electrons. The van der Waals surface area contributed by atoms with E-state index in [4.69, 9.17) is 10.1 Å². The molecule has 5 atom stereocenters. The number of pyridine rings is 1. The summed E-state index contributed by atoms with van der Waals surface area (Å²) in [4.78, 5) is 30.2. The van der Waals surface area contributed by atoms with Crippen LogP contribution in [0.15, 0.2) is 127 Å². The zero-order valence-corrected chi connectivity index (χ0v) is 33.0. The molecule has 2 aliphatic rings. The van der Waals surface area contributed by atoms with Crippen molar-refractivity contribution in [3.8, 4) is 16.9 Å². The number of aromatic nitrogens is 1. The Bertz CT molecular complexity index is 2490. The summed E-state index contributed by atoms with van der Waals surface area (Å²) in [6.45, 7) is 0. The number of hydrogen-bond donors (Lipinski definition) is 5. The highest BCUT2D eigenvalue weighted by atomic mass is 19.1. The maximum absolute atomic E-state index is 13.6. The molecule has 2 fully saturated rings. The van der Waals surface area contributed by atoms with Gasteiger partial charge in [0.2, 0.25) is 5.91 Å². The number of aliphatic carboxylic acids is 1. The minimum Gasteiger partial charge on any atom is -0.508 e. The van der Waals surface area contributed by atoms with Gasteiger partial charge in [0, 0.05) is 34.5 Å². The highest BCUT2D eigenvalue weighted by Crippen LogP contribution is 2.47. The van der Waals surface area contributed by atoms with Gasteiger partial charge in [-0.1, -0.05) is 66.7 Å². The van der Waals surface area contributed by atoms with Gasteiger partial charge in [-0.15, -0.1) is 0 Å². The van der Waals surface area contributed by atoms with Crippen LogP contribution in [-0.2, 0) is 9.59 Å². The molecule has 2 heterocycles. The first-order valence-corrected chi connectivity index (χ1v) is 20.1. The molecule has 5 N–H and O–H groups in total. The van der Waals surface area contributed by atoms with Crippen molar-refractivity contribution in [1.82, 2.24) is 4.98 Å². The van der Waals surface area contributed by atoms with Crippen LogP contribution in [0.3, 0.4) is 0 Å². The Morgan fingerprint density at radius 1 is 0.803 bits per heavy atom. The fraction of sp³-hybridized carbons (Fsp3) is 0.245. The van der Waals surface area contributed by atoms with E-state index >= 15 is 0 Å². The molecule has 5 aromatic carbocycles. The molecule has 1 amide bonds. The van der Waals surface area contributed by atoms with E-state index in [0.717, 1.165) is 51.7 Å². The summed E-state index contributed by atoms with van der Waals surface area (Å²) in [6.07, 6.45) is 2.77. The van der Waals surface area contributed by atoms with Crippen LogP contribution in [-0.4, -0.2) is 54.6 Å². The first-order chi connectivity index (χ1) is 29.4. The predicted molar refractivity (Wildman–Crippen MR) is 226 cm³/mol. The van der Waals surface area contributed by atoms with Crippen molar-refractivity contribution in [3.63, 3.8) is 0 Å². The number of carbonyl (C=O) groups is 2. The topological polar surface area (TPSA) is 151 Å². The first-order valence-electron chi connectivity index (χ1n) is 20.1. The number of benzene rings is 5. The SMILES string of the molecule is O=C(O)C[C@H](O)C[C@H](O)/C=C/c1c(C2CC2)nc2ccccc2c1-c1ccc(F)cc1.O=C1[C@H](CC[C@H](O)c2ccc(F)cc2)[C@@H](c2ccc(O)cc2)N1c1ccc(F)cc1. The zero-order chi connectivity index (χ0) is 43.2. The van der Waals surface area contributed by atoms with E-state index in [0.29, 0.717) is 30.0 Å². The lowest BCUT2D eigenvalue weighted by Crippen LogP contribution is -2.55. The third kappa shape index (κ3) is 10.3. The lowest BCUT2D eigenvalue weighted by molar-refractivity contribution is -0.139. The van der Waals surface area contributed by atoms with Crippen LogP contribution in [0.4, 0.5) is 18.9 Å². The van der Waals surface area contributed by atoms with Crippen molar-refractivity contribution in [2.45, 2.75) is 68.8 Å². The molecule has 1 aliphatic carbocycles. The molecule has 314 valence electrons. The molecule has 0 unspecified atom stereocenters. The van der Waals surface area contributed by atoms with Crippen LogP contribution in [0.1, 0.15) is 79.0 Å². The number of phenolic OH excluding ortho intramolecular Hbond substituents is 1. The predicted octanol–water partition coefficient (Wildman–Crippen LogP) is 9.41. The minimum absolute atomic E-state index is 0.0749. The van der Waals surface area contributed by atoms with Gasteiger partial charge < -0.3 is 30.4 Å². The van der Waals surface area contributed by atoms with Crippen molar-refractivity contribution in [3.05, 3.63) is 167 Å². The van der Waals surface area contributed by atoms with E-state index in [1.165, 1.54) is 48.5 Å². The number of aliphatic hydroxyl groups is 3. The maximum Gasteiger partial charge on any atom is 0.305 e. The Kier molecular flexibility index (Phi) is 13.3. The van der Waals surface area contributed by atoms with Crippen LogP contribution in [0.2, 0.25) is 0 Å². The molecule has 0 spiro atoms. The third-order valence-corrected chi connectivity index (χ3v) is 11.0. The zero-order valence-electron chi connectivity index (χ0n) is 33.0. The van der Waals surface area contributed by atoms with Crippen LogP contribution in [0, 0.1) is 23.4 Å². The number of aliphatic hydroxyl groups excluding tert-OH is 3. The molecular weight excluding hydrogens is 786 g/mol. The number of para-hydroxylation sites is 1. The largest absolute Gasteiger partial charge is 0.508 e. The quantitative estimate of drug-likeness (QED) is 0.0682. The molecule has 1 aromatic heterocycles. The normalized spacial score (nSPS) is 17.7. The Labute approximate surface area is 350 Å². The van der Waals surface area contributed by atoms with Gasteiger partial charge in [-0.3, -0.25) is 14.6 Å². The number of carboxylic acid groups (broad SMARTS) is 1. The second-order valence-electron chi connectivity index (χ2n) is 15.5. The summed E-state index contributed by atoms with van der Waals surface area (Å²) in [5.74, 6) is -2.20. The van der Waals surface area contributed by atoms with Crippen molar-refractivity contribution < 1.29 is 48.3 Å². The van der Waals surface area contributed by atoms with E-state index < -0.39 is 30.7 Å². The number of anilines is 1. The van der Waals surface area contributed by atoms with Crippen LogP contribution in [0.5, 0.6) is 5.75 Å². The van der Waals surface area contributed by atoms with Crippen LogP contribution < -0.4 is 4.90 Å². The number of phenols is 1. The number of amides is 1. The second-order valence-corrected chi connectivity index (χ2v) is 15.5. The smallest absolute Gasteiger partial charge is 0.305 e. The number of carbonyl (C=O) groups excluding carboxylic acids is 1. The van der Waals surface area contributed by atoms with E-state index in [1.54, 1.807) is 65.6 Å². The summed E-state index contributed by atoms with van der Waals surface area (Å²) < 4.78 is 40.0. The highest BCUT2D eigenvalue weighted by molar-refractivity contribution is 6.03. The van der Waals surface area contributed by atoms with Gasteiger partial charge in [0.25, 0.3) is 0 Å². The summed E-state index contributed by atoms with van der Waals surface area (Å²) in [5, 5.41) is 49.9. The Morgan fingerprint density at radius 3 is 2.03 bits per heavy atom.